The van der Waals surface area contributed by atoms with Crippen molar-refractivity contribution in [3.63, 3.8) is 0 Å². The van der Waals surface area contributed by atoms with E-state index in [0.29, 0.717) is 50.8 Å². The highest BCUT2D eigenvalue weighted by Gasteiger charge is 2.29. The first-order chi connectivity index (χ1) is 24.8. The summed E-state index contributed by atoms with van der Waals surface area (Å²) in [6, 6.07) is 3.34. The highest BCUT2D eigenvalue weighted by molar-refractivity contribution is 7.85. The summed E-state index contributed by atoms with van der Waals surface area (Å²) in [4.78, 5) is 76.1. The van der Waals surface area contributed by atoms with E-state index in [1.165, 1.54) is 19.1 Å². The van der Waals surface area contributed by atoms with Crippen LogP contribution < -0.4 is 16.0 Å². The minimum absolute atomic E-state index is 0.0220. The van der Waals surface area contributed by atoms with Crippen LogP contribution in [0, 0.1) is 11.3 Å². The first-order valence-corrected chi connectivity index (χ1v) is 19.7. The van der Waals surface area contributed by atoms with E-state index in [1.807, 2.05) is 6.92 Å². The molecule has 296 valence electrons. The number of hydrogen-bond donors (Lipinski definition) is 4. The second kappa shape index (κ2) is 21.5. The number of unbranched alkanes of at least 4 members (excludes halogenated alkanes) is 2. The summed E-state index contributed by atoms with van der Waals surface area (Å²) in [6.45, 7) is 11.4. The fraction of sp³-hybridized carbons (Fsp3) is 0.622. The zero-order chi connectivity index (χ0) is 39.8. The zero-order valence-electron chi connectivity index (χ0n) is 31.7. The molecule has 0 radical (unpaired) electrons. The topological polar surface area (TPSA) is 215 Å². The van der Waals surface area contributed by atoms with Crippen molar-refractivity contribution < 1.29 is 51.2 Å². The molecule has 16 heteroatoms. The number of ether oxygens (including phenoxy) is 2. The Labute approximate surface area is 312 Å². The molecule has 0 spiro atoms. The van der Waals surface area contributed by atoms with Crippen molar-refractivity contribution in [1.29, 1.82) is 0 Å². The molecule has 0 aliphatic carbocycles. The van der Waals surface area contributed by atoms with E-state index in [1.54, 1.807) is 45.9 Å². The maximum absolute atomic E-state index is 13.2. The van der Waals surface area contributed by atoms with Crippen molar-refractivity contribution in [3.05, 3.63) is 41.5 Å². The largest absolute Gasteiger partial charge is 0.460 e. The Morgan fingerprint density at radius 2 is 1.55 bits per heavy atom. The predicted molar refractivity (Wildman–Crippen MR) is 198 cm³/mol. The maximum Gasteiger partial charge on any atom is 0.311 e. The lowest BCUT2D eigenvalue weighted by atomic mass is 9.91. The molecule has 0 unspecified atom stereocenters. The van der Waals surface area contributed by atoms with Crippen molar-refractivity contribution >= 4 is 51.3 Å². The molecule has 0 bridgehead atoms. The van der Waals surface area contributed by atoms with Gasteiger partial charge in [-0.3, -0.25) is 38.2 Å². The Kier molecular flexibility index (Phi) is 18.3. The second-order valence-electron chi connectivity index (χ2n) is 14.1. The molecular weight excluding hydrogens is 708 g/mol. The number of imide groups is 1. The van der Waals surface area contributed by atoms with Crippen LogP contribution in [-0.4, -0.2) is 91.0 Å². The van der Waals surface area contributed by atoms with Crippen LogP contribution in [0.25, 0.3) is 0 Å². The van der Waals surface area contributed by atoms with Crippen molar-refractivity contribution in [2.24, 2.45) is 11.3 Å². The van der Waals surface area contributed by atoms with E-state index in [-0.39, 0.29) is 62.2 Å². The lowest BCUT2D eigenvalue weighted by Crippen LogP contribution is -2.53. The number of esters is 1. The predicted octanol–water partition coefficient (Wildman–Crippen LogP) is 3.46. The molecular formula is C37H56N4O11S. The molecule has 0 fully saturated rings. The number of carbonyl (C=O) groups is 6. The van der Waals surface area contributed by atoms with Crippen molar-refractivity contribution in [1.82, 2.24) is 15.5 Å². The molecule has 0 aromatic heterocycles. The molecule has 4 N–H and O–H groups in total. The van der Waals surface area contributed by atoms with Gasteiger partial charge in [-0.15, -0.1) is 0 Å². The van der Waals surface area contributed by atoms with Gasteiger partial charge in [-0.2, -0.15) is 8.42 Å². The first kappa shape index (κ1) is 45.0. The van der Waals surface area contributed by atoms with Crippen LogP contribution in [0.15, 0.2) is 30.4 Å². The summed E-state index contributed by atoms with van der Waals surface area (Å²) in [5, 5.41) is 8.24. The quantitative estimate of drug-likeness (QED) is 0.0518. The van der Waals surface area contributed by atoms with Gasteiger partial charge >= 0.3 is 5.97 Å². The van der Waals surface area contributed by atoms with Gasteiger partial charge in [0.15, 0.2) is 0 Å². The van der Waals surface area contributed by atoms with E-state index in [9.17, 15) is 37.2 Å². The molecule has 0 saturated heterocycles. The average molecular weight is 765 g/mol. The lowest BCUT2D eigenvalue weighted by molar-refractivity contribution is -0.155. The summed E-state index contributed by atoms with van der Waals surface area (Å²) in [5.41, 5.74) is 1.33. The fourth-order valence-electron chi connectivity index (χ4n) is 5.15. The standard InChI is InChI=1S/C37H56N4O11S/c1-7-37(5,6)36(47)52-24-28-15-16-29(23-27(28)13-11-20-51-21-12-22-53(48,49)50)39-34(45)26(4)38-35(46)33(25(2)3)40-30(42)14-9-8-10-19-41-31(43)17-18-32(41)44/h15-18,23,25-26,33H,7-14,19-22,24H2,1-6H3,(H,38,46)(H,39,45)(H,40,42)(H,48,49,50)/t26-,33-/m0/s1. The minimum atomic E-state index is -4.06. The Hall–Kier alpha value is -4.15. The molecule has 53 heavy (non-hydrogen) atoms. The highest BCUT2D eigenvalue weighted by Crippen LogP contribution is 2.24. The number of nitrogens with one attached hydrogen (secondary N) is 3. The van der Waals surface area contributed by atoms with Crippen LogP contribution >= 0.6 is 0 Å². The number of nitrogens with zero attached hydrogens (tertiary/aromatic N) is 1. The number of benzene rings is 1. The Morgan fingerprint density at radius 3 is 2.17 bits per heavy atom. The summed E-state index contributed by atoms with van der Waals surface area (Å²) < 4.78 is 41.8. The summed E-state index contributed by atoms with van der Waals surface area (Å²) in [7, 11) is -4.06. The van der Waals surface area contributed by atoms with Gasteiger partial charge in [0.05, 0.1) is 11.2 Å². The monoisotopic (exact) mass is 764 g/mol. The van der Waals surface area contributed by atoms with Gasteiger partial charge in [0.25, 0.3) is 21.9 Å². The molecule has 15 nitrogen and oxygen atoms in total. The van der Waals surface area contributed by atoms with E-state index >= 15 is 0 Å². The Balaban J connectivity index is 1.96. The third kappa shape index (κ3) is 16.2. The molecule has 1 aromatic rings. The number of carbonyl (C=O) groups excluding carboxylic acids is 6. The summed E-state index contributed by atoms with van der Waals surface area (Å²) in [6.07, 6.45) is 6.07. The van der Waals surface area contributed by atoms with E-state index in [0.717, 1.165) is 16.0 Å². The van der Waals surface area contributed by atoms with Crippen LogP contribution in [0.5, 0.6) is 0 Å². The van der Waals surface area contributed by atoms with E-state index < -0.39 is 45.2 Å². The van der Waals surface area contributed by atoms with Gasteiger partial charge in [-0.1, -0.05) is 33.3 Å². The van der Waals surface area contributed by atoms with E-state index in [4.69, 9.17) is 14.0 Å². The first-order valence-electron chi connectivity index (χ1n) is 18.1. The maximum atomic E-state index is 13.2. The number of anilines is 1. The fourth-order valence-corrected chi connectivity index (χ4v) is 5.64. The molecule has 5 amide bonds. The van der Waals surface area contributed by atoms with Gasteiger partial charge in [-0.25, -0.2) is 0 Å². The highest BCUT2D eigenvalue weighted by atomic mass is 32.2. The van der Waals surface area contributed by atoms with Gasteiger partial charge in [0.2, 0.25) is 17.7 Å². The molecule has 1 aliphatic heterocycles. The number of amides is 5. The Morgan fingerprint density at radius 1 is 0.887 bits per heavy atom. The van der Waals surface area contributed by atoms with Crippen LogP contribution in [0.4, 0.5) is 5.69 Å². The van der Waals surface area contributed by atoms with E-state index in [2.05, 4.69) is 16.0 Å². The van der Waals surface area contributed by atoms with Crippen molar-refractivity contribution in [3.8, 4) is 0 Å². The summed E-state index contributed by atoms with van der Waals surface area (Å²) in [5.74, 6) is -3.02. The molecule has 1 aromatic carbocycles. The molecule has 0 saturated carbocycles. The van der Waals surface area contributed by atoms with Gasteiger partial charge in [0.1, 0.15) is 18.7 Å². The Bertz CT molecular complexity index is 1570. The molecule has 2 rings (SSSR count). The van der Waals surface area contributed by atoms with Crippen LogP contribution in [0.2, 0.25) is 0 Å². The van der Waals surface area contributed by atoms with Crippen LogP contribution in [-0.2, 0) is 61.4 Å². The van der Waals surface area contributed by atoms with Gasteiger partial charge in [0, 0.05) is 44.0 Å². The van der Waals surface area contributed by atoms with Crippen molar-refractivity contribution in [2.45, 2.75) is 112 Å². The summed E-state index contributed by atoms with van der Waals surface area (Å²) >= 11 is 0. The number of hydrogen-bond acceptors (Lipinski definition) is 10. The third-order valence-corrected chi connectivity index (χ3v) is 9.70. The molecule has 1 aliphatic rings. The molecule has 2 atom stereocenters. The van der Waals surface area contributed by atoms with Gasteiger partial charge < -0.3 is 25.4 Å². The third-order valence-electron chi connectivity index (χ3n) is 8.90. The lowest BCUT2D eigenvalue weighted by Gasteiger charge is -2.24. The minimum Gasteiger partial charge on any atom is -0.460 e. The SMILES string of the molecule is CCC(C)(C)C(=O)OCc1ccc(NC(=O)[C@H](C)NC(=O)[C@@H](NC(=O)CCCCCN2C(=O)C=CC2=O)C(C)C)cc1CCCOCCCS(=O)(=O)O. The smallest absolute Gasteiger partial charge is 0.311 e. The zero-order valence-corrected chi connectivity index (χ0v) is 32.5. The number of aryl methyl sites for hydroxylation is 1. The van der Waals surface area contributed by atoms with Crippen LogP contribution in [0.3, 0.4) is 0 Å². The number of rotatable bonds is 24. The van der Waals surface area contributed by atoms with Gasteiger partial charge in [-0.05, 0) is 88.5 Å². The van der Waals surface area contributed by atoms with Crippen LogP contribution in [0.1, 0.15) is 97.6 Å². The van der Waals surface area contributed by atoms with Crippen molar-refractivity contribution in [2.75, 3.05) is 30.8 Å². The normalized spacial score (nSPS) is 14.3. The second-order valence-corrected chi connectivity index (χ2v) is 15.7. The average Bonchev–Trinajstić information content (AvgIpc) is 3.40. The molecule has 1 heterocycles.